The van der Waals surface area contributed by atoms with Crippen LogP contribution in [-0.2, 0) is 16.0 Å². The highest BCUT2D eigenvalue weighted by atomic mass is 16.5. The van der Waals surface area contributed by atoms with Crippen molar-refractivity contribution in [3.63, 3.8) is 0 Å². The number of benzene rings is 1. The number of carbonyl (C=O) groups excluding carboxylic acids is 2. The first-order valence-electron chi connectivity index (χ1n) is 9.63. The monoisotopic (exact) mass is 375 g/mol. The van der Waals surface area contributed by atoms with E-state index in [4.69, 9.17) is 5.21 Å². The molecule has 1 unspecified atom stereocenters. The van der Waals surface area contributed by atoms with Crippen molar-refractivity contribution in [2.24, 2.45) is 5.41 Å². The number of aryl methyl sites for hydroxylation is 2. The van der Waals surface area contributed by atoms with Crippen LogP contribution in [0, 0.1) is 19.3 Å². The van der Waals surface area contributed by atoms with Gasteiger partial charge in [0.05, 0.1) is 0 Å². The maximum Gasteiger partial charge on any atom is 0.317 e. The van der Waals surface area contributed by atoms with Gasteiger partial charge in [0, 0.05) is 12.0 Å². The first-order chi connectivity index (χ1) is 12.8. The van der Waals surface area contributed by atoms with Gasteiger partial charge in [-0.25, -0.2) is 5.48 Å². The molecule has 0 bridgehead atoms. The zero-order chi connectivity index (χ0) is 20.0. The zero-order valence-electron chi connectivity index (χ0n) is 16.1. The minimum atomic E-state index is -1.32. The van der Waals surface area contributed by atoms with E-state index < -0.39 is 17.3 Å². The predicted molar refractivity (Wildman–Crippen MR) is 101 cm³/mol. The molecule has 2 rings (SSSR count). The van der Waals surface area contributed by atoms with Crippen molar-refractivity contribution < 1.29 is 24.7 Å². The topological polar surface area (TPSA) is 104 Å². The maximum absolute atomic E-state index is 13.1. The molecule has 1 aliphatic carbocycles. The second kappa shape index (κ2) is 9.13. The van der Waals surface area contributed by atoms with E-state index in [1.54, 1.807) is 5.48 Å². The average molecular weight is 375 g/mol. The van der Waals surface area contributed by atoms with Crippen molar-refractivity contribution in [1.82, 2.24) is 5.48 Å². The van der Waals surface area contributed by atoms with E-state index in [0.29, 0.717) is 37.7 Å². The van der Waals surface area contributed by atoms with Gasteiger partial charge in [-0.1, -0.05) is 37.3 Å². The molecule has 0 fully saturated rings. The molecular formula is C21H29NO5. The van der Waals surface area contributed by atoms with Crippen molar-refractivity contribution in [3.05, 3.63) is 34.4 Å². The van der Waals surface area contributed by atoms with Crippen LogP contribution in [0.3, 0.4) is 0 Å². The van der Waals surface area contributed by atoms with Crippen LogP contribution >= 0.6 is 0 Å². The summed E-state index contributed by atoms with van der Waals surface area (Å²) in [7, 11) is 0. The number of rotatable bonds is 9. The lowest BCUT2D eigenvalue weighted by Gasteiger charge is -2.34. The Morgan fingerprint density at radius 3 is 2.44 bits per heavy atom. The van der Waals surface area contributed by atoms with Gasteiger partial charge in [0.2, 0.25) is 5.91 Å². The molecule has 148 valence electrons. The SMILES string of the molecule is Cc1cc(C)c2c(c1)C(=O)C(CCCCCCCC(=O)NO)(C(=O)O)CC2. The number of aliphatic carboxylic acids is 1. The number of carboxylic acid groups (broad SMARTS) is 1. The van der Waals surface area contributed by atoms with Crippen LogP contribution in [0.2, 0.25) is 0 Å². The van der Waals surface area contributed by atoms with Crippen LogP contribution in [0.1, 0.15) is 78.4 Å². The van der Waals surface area contributed by atoms with Gasteiger partial charge in [0.15, 0.2) is 5.78 Å². The minimum absolute atomic E-state index is 0.248. The Hall–Kier alpha value is -2.21. The summed E-state index contributed by atoms with van der Waals surface area (Å²) in [5.41, 5.74) is 3.90. The van der Waals surface area contributed by atoms with Gasteiger partial charge < -0.3 is 5.11 Å². The van der Waals surface area contributed by atoms with Crippen molar-refractivity contribution in [2.45, 2.75) is 71.6 Å². The Morgan fingerprint density at radius 2 is 1.78 bits per heavy atom. The van der Waals surface area contributed by atoms with Gasteiger partial charge in [-0.2, -0.15) is 0 Å². The van der Waals surface area contributed by atoms with E-state index in [1.165, 1.54) is 0 Å². The number of Topliss-reactive ketones (excluding diaryl/α,β-unsaturated/α-hetero) is 1. The number of hydrogen-bond acceptors (Lipinski definition) is 4. The number of nitrogens with one attached hydrogen (secondary N) is 1. The molecule has 0 radical (unpaired) electrons. The summed E-state index contributed by atoms with van der Waals surface area (Å²) in [6, 6.07) is 3.87. The Labute approximate surface area is 159 Å². The van der Waals surface area contributed by atoms with E-state index in [2.05, 4.69) is 0 Å². The predicted octanol–water partition coefficient (Wildman–Crippen LogP) is 3.74. The van der Waals surface area contributed by atoms with Crippen LogP contribution in [-0.4, -0.2) is 28.0 Å². The van der Waals surface area contributed by atoms with Crippen LogP contribution in [0.5, 0.6) is 0 Å². The van der Waals surface area contributed by atoms with Crippen LogP contribution in [0.4, 0.5) is 0 Å². The fourth-order valence-electron chi connectivity index (χ4n) is 4.09. The summed E-state index contributed by atoms with van der Waals surface area (Å²) in [5, 5.41) is 18.3. The number of carboxylic acids is 1. The fraction of sp³-hybridized carbons (Fsp3) is 0.571. The Kier molecular flexibility index (Phi) is 7.13. The number of hydroxylamine groups is 1. The average Bonchev–Trinajstić information content (AvgIpc) is 2.62. The molecule has 0 aromatic heterocycles. The summed E-state index contributed by atoms with van der Waals surface area (Å²) < 4.78 is 0. The number of unbranched alkanes of at least 4 members (excludes halogenated alkanes) is 4. The molecule has 0 aliphatic heterocycles. The van der Waals surface area contributed by atoms with E-state index in [1.807, 2.05) is 26.0 Å². The summed E-state index contributed by atoms with van der Waals surface area (Å²) in [5.74, 6) is -1.66. The summed E-state index contributed by atoms with van der Waals surface area (Å²) >= 11 is 0. The summed E-state index contributed by atoms with van der Waals surface area (Å²) in [6.07, 6.45) is 5.49. The molecule has 27 heavy (non-hydrogen) atoms. The van der Waals surface area contributed by atoms with Crippen molar-refractivity contribution in [1.29, 1.82) is 0 Å². The van der Waals surface area contributed by atoms with Gasteiger partial charge in [-0.05, 0) is 56.7 Å². The number of ketones is 1. The lowest BCUT2D eigenvalue weighted by Crippen LogP contribution is -2.43. The molecule has 1 aromatic carbocycles. The Morgan fingerprint density at radius 1 is 1.11 bits per heavy atom. The lowest BCUT2D eigenvalue weighted by molar-refractivity contribution is -0.147. The van der Waals surface area contributed by atoms with Gasteiger partial charge in [-0.3, -0.25) is 19.6 Å². The number of fused-ring (bicyclic) bond motifs is 1. The highest BCUT2D eigenvalue weighted by Gasteiger charge is 2.48. The smallest absolute Gasteiger partial charge is 0.317 e. The Balaban J connectivity index is 1.97. The molecule has 0 spiro atoms. The molecule has 0 saturated carbocycles. The number of carbonyl (C=O) groups is 3. The van der Waals surface area contributed by atoms with Gasteiger partial charge in [0.25, 0.3) is 0 Å². The van der Waals surface area contributed by atoms with Crippen LogP contribution in [0.25, 0.3) is 0 Å². The molecule has 1 aliphatic rings. The van der Waals surface area contributed by atoms with E-state index in [-0.39, 0.29) is 12.2 Å². The van der Waals surface area contributed by atoms with Crippen LogP contribution in [0.15, 0.2) is 12.1 Å². The quantitative estimate of drug-likeness (QED) is 0.264. The summed E-state index contributed by atoms with van der Waals surface area (Å²) in [4.78, 5) is 36.1. The van der Waals surface area contributed by atoms with E-state index in [0.717, 1.165) is 36.0 Å². The van der Waals surface area contributed by atoms with E-state index >= 15 is 0 Å². The Bertz CT molecular complexity index is 728. The zero-order valence-corrected chi connectivity index (χ0v) is 16.1. The molecule has 1 aromatic rings. The van der Waals surface area contributed by atoms with Gasteiger partial charge >= 0.3 is 5.97 Å². The third kappa shape index (κ3) is 4.75. The molecule has 1 atom stereocenters. The van der Waals surface area contributed by atoms with Crippen molar-refractivity contribution in [3.8, 4) is 0 Å². The minimum Gasteiger partial charge on any atom is -0.480 e. The number of hydrogen-bond donors (Lipinski definition) is 3. The fourth-order valence-corrected chi connectivity index (χ4v) is 4.09. The van der Waals surface area contributed by atoms with E-state index in [9.17, 15) is 19.5 Å². The third-order valence-electron chi connectivity index (χ3n) is 5.64. The largest absolute Gasteiger partial charge is 0.480 e. The van der Waals surface area contributed by atoms with Crippen molar-refractivity contribution in [2.75, 3.05) is 0 Å². The molecular weight excluding hydrogens is 346 g/mol. The molecule has 0 saturated heterocycles. The molecule has 0 heterocycles. The molecule has 6 heteroatoms. The van der Waals surface area contributed by atoms with Gasteiger partial charge in [0.1, 0.15) is 5.41 Å². The summed E-state index contributed by atoms with van der Waals surface area (Å²) in [6.45, 7) is 3.90. The lowest BCUT2D eigenvalue weighted by atomic mass is 9.67. The van der Waals surface area contributed by atoms with Gasteiger partial charge in [-0.15, -0.1) is 0 Å². The third-order valence-corrected chi connectivity index (χ3v) is 5.64. The second-order valence-corrected chi connectivity index (χ2v) is 7.63. The molecule has 3 N–H and O–H groups in total. The molecule has 6 nitrogen and oxygen atoms in total. The standard InChI is InChI=1S/C21H29NO5/c1-14-12-15(2)16-9-11-21(20(25)26,19(24)17(16)13-14)10-7-5-3-4-6-8-18(23)22-27/h12-13,27H,3-11H2,1-2H3,(H,22,23)(H,25,26). The first-order valence-corrected chi connectivity index (χ1v) is 9.63. The second-order valence-electron chi connectivity index (χ2n) is 7.63. The van der Waals surface area contributed by atoms with Crippen molar-refractivity contribution >= 4 is 17.7 Å². The molecule has 1 amide bonds. The normalized spacial score (nSPS) is 18.9. The highest BCUT2D eigenvalue weighted by molar-refractivity contribution is 6.13. The highest BCUT2D eigenvalue weighted by Crippen LogP contribution is 2.41. The first kappa shape index (κ1) is 21.1. The maximum atomic E-state index is 13.1. The number of amides is 1. The van der Waals surface area contributed by atoms with Crippen LogP contribution < -0.4 is 5.48 Å².